The van der Waals surface area contributed by atoms with Gasteiger partial charge < -0.3 is 48.6 Å². The minimum absolute atomic E-state index is 0.103. The van der Waals surface area contributed by atoms with Crippen LogP contribution in [0.5, 0.6) is 0 Å². The van der Waals surface area contributed by atoms with E-state index in [4.69, 9.17) is 17.2 Å². The number of nitrogens with one attached hydrogen (secondary N) is 5. The van der Waals surface area contributed by atoms with Crippen LogP contribution in [-0.4, -0.2) is 92.4 Å². The summed E-state index contributed by atoms with van der Waals surface area (Å²) in [6, 6.07) is -6.34. The Morgan fingerprint density at radius 1 is 0.875 bits per heavy atom. The number of nitrogens with two attached hydrogens (primary N) is 3. The molecule has 0 fully saturated rings. The lowest BCUT2D eigenvalue weighted by molar-refractivity contribution is -0.142. The van der Waals surface area contributed by atoms with Gasteiger partial charge in [0.15, 0.2) is 0 Å². The molecule has 1 aromatic rings. The molecule has 0 saturated heterocycles. The van der Waals surface area contributed by atoms with Crippen molar-refractivity contribution in [2.75, 3.05) is 5.75 Å². The molecule has 0 bridgehead atoms. The fourth-order valence-electron chi connectivity index (χ4n) is 3.24. The van der Waals surface area contributed by atoms with E-state index in [1.807, 2.05) is 0 Å². The zero-order chi connectivity index (χ0) is 30.4. The molecule has 0 spiro atoms. The quantitative estimate of drug-likeness (QED) is 0.0740. The molecule has 5 atom stereocenters. The molecule has 40 heavy (non-hydrogen) atoms. The molecule has 0 aromatic carbocycles. The second-order valence-corrected chi connectivity index (χ2v) is 9.18. The van der Waals surface area contributed by atoms with Gasteiger partial charge >= 0.3 is 5.97 Å². The van der Waals surface area contributed by atoms with Crippen LogP contribution < -0.4 is 38.5 Å². The summed E-state index contributed by atoms with van der Waals surface area (Å²) in [4.78, 5) is 91.1. The van der Waals surface area contributed by atoms with Gasteiger partial charge in [-0.05, 0) is 19.8 Å². The first-order valence-electron chi connectivity index (χ1n) is 12.1. The lowest BCUT2D eigenvalue weighted by atomic mass is 10.1. The summed E-state index contributed by atoms with van der Waals surface area (Å²) in [6.07, 6.45) is 1.94. The molecule has 0 aliphatic heterocycles. The van der Waals surface area contributed by atoms with E-state index in [0.29, 0.717) is 5.69 Å². The number of H-pyrrole nitrogens is 1. The van der Waals surface area contributed by atoms with Crippen LogP contribution >= 0.6 is 12.6 Å². The topological polar surface area (TPSA) is 295 Å². The predicted molar refractivity (Wildman–Crippen MR) is 142 cm³/mol. The molecule has 1 rings (SSSR count). The zero-order valence-electron chi connectivity index (χ0n) is 21.7. The van der Waals surface area contributed by atoms with E-state index in [0.717, 1.165) is 0 Å². The molecule has 1 aromatic heterocycles. The summed E-state index contributed by atoms with van der Waals surface area (Å²) < 4.78 is 0. The molecule has 0 unspecified atom stereocenters. The van der Waals surface area contributed by atoms with Crippen LogP contribution in [0.25, 0.3) is 0 Å². The molecule has 17 nitrogen and oxygen atoms in total. The van der Waals surface area contributed by atoms with Crippen molar-refractivity contribution in [3.8, 4) is 0 Å². The highest BCUT2D eigenvalue weighted by atomic mass is 32.1. The van der Waals surface area contributed by atoms with E-state index in [9.17, 15) is 38.7 Å². The number of hydrogen-bond acceptors (Lipinski definition) is 10. The Morgan fingerprint density at radius 3 is 1.90 bits per heavy atom. The second-order valence-electron chi connectivity index (χ2n) is 8.82. The molecule has 12 N–H and O–H groups in total. The molecule has 0 saturated carbocycles. The largest absolute Gasteiger partial charge is 0.480 e. The van der Waals surface area contributed by atoms with E-state index in [1.54, 1.807) is 6.20 Å². The first-order valence-corrected chi connectivity index (χ1v) is 12.7. The molecule has 18 heteroatoms. The molecular weight excluding hydrogens is 550 g/mol. The number of thiol groups is 1. The highest BCUT2D eigenvalue weighted by molar-refractivity contribution is 7.80. The number of carboxylic acids is 1. The van der Waals surface area contributed by atoms with Crippen LogP contribution in [0.3, 0.4) is 0 Å². The number of carbonyl (C=O) groups excluding carboxylic acids is 6. The molecule has 1 heterocycles. The Labute approximate surface area is 234 Å². The molecule has 0 radical (unpaired) electrons. The number of primary amides is 2. The van der Waals surface area contributed by atoms with Crippen molar-refractivity contribution in [3.63, 3.8) is 0 Å². The van der Waals surface area contributed by atoms with Crippen molar-refractivity contribution >= 4 is 54.0 Å². The number of carbonyl (C=O) groups is 7. The Kier molecular flexibility index (Phi) is 14.1. The van der Waals surface area contributed by atoms with Crippen LogP contribution in [0.15, 0.2) is 12.5 Å². The first kappa shape index (κ1) is 33.8. The summed E-state index contributed by atoms with van der Waals surface area (Å²) in [5, 5.41) is 18.6. The van der Waals surface area contributed by atoms with Crippen molar-refractivity contribution in [1.29, 1.82) is 0 Å². The third-order valence-corrected chi connectivity index (χ3v) is 5.86. The summed E-state index contributed by atoms with van der Waals surface area (Å²) in [7, 11) is 0. The Bertz CT molecular complexity index is 1070. The fraction of sp³-hybridized carbons (Fsp3) is 0.545. The monoisotopic (exact) mass is 585 g/mol. The van der Waals surface area contributed by atoms with E-state index >= 15 is 0 Å². The van der Waals surface area contributed by atoms with Crippen molar-refractivity contribution < 1.29 is 38.7 Å². The molecular formula is C22H35N9O8S. The fourth-order valence-corrected chi connectivity index (χ4v) is 3.50. The lowest BCUT2D eigenvalue weighted by Gasteiger charge is -2.24. The number of aliphatic carboxylic acids is 1. The molecule has 0 aliphatic rings. The van der Waals surface area contributed by atoms with Crippen molar-refractivity contribution in [2.24, 2.45) is 17.2 Å². The SMILES string of the molecule is C[C@H](NC(=O)[C@@H](N)Cc1c[nH]cn1)C(=O)N[C@@H](CCC(N)=O)C(=O)N[C@@H](CS)C(=O)N[C@@H](CCC(N)=O)C(=O)O. The van der Waals surface area contributed by atoms with E-state index in [2.05, 4.69) is 43.9 Å². The third-order valence-electron chi connectivity index (χ3n) is 5.49. The van der Waals surface area contributed by atoms with Gasteiger partial charge in [0.2, 0.25) is 35.4 Å². The minimum atomic E-state index is -1.46. The van der Waals surface area contributed by atoms with Gasteiger partial charge in [-0.15, -0.1) is 0 Å². The number of carboxylic acid groups (broad SMARTS) is 1. The first-order chi connectivity index (χ1) is 18.7. The van der Waals surface area contributed by atoms with E-state index in [1.165, 1.54) is 13.3 Å². The predicted octanol–water partition coefficient (Wildman–Crippen LogP) is -4.22. The number of hydrogen-bond donors (Lipinski definition) is 10. The average molecular weight is 586 g/mol. The van der Waals surface area contributed by atoms with Crippen LogP contribution in [0.4, 0.5) is 0 Å². The zero-order valence-corrected chi connectivity index (χ0v) is 22.6. The van der Waals surface area contributed by atoms with Crippen LogP contribution in [0, 0.1) is 0 Å². The maximum absolute atomic E-state index is 12.9. The third kappa shape index (κ3) is 12.1. The number of rotatable bonds is 18. The van der Waals surface area contributed by atoms with Gasteiger partial charge in [-0.3, -0.25) is 28.8 Å². The molecule has 222 valence electrons. The lowest BCUT2D eigenvalue weighted by Crippen LogP contribution is -2.58. The highest BCUT2D eigenvalue weighted by Gasteiger charge is 2.30. The number of amides is 6. The van der Waals surface area contributed by atoms with Gasteiger partial charge in [0.05, 0.1) is 18.1 Å². The number of imidazole rings is 1. The Hall–Kier alpha value is -4.19. The number of aromatic amines is 1. The van der Waals surface area contributed by atoms with Crippen molar-refractivity contribution in [3.05, 3.63) is 18.2 Å². The van der Waals surface area contributed by atoms with Gasteiger partial charge in [-0.2, -0.15) is 12.6 Å². The second kappa shape index (κ2) is 16.7. The molecule has 0 aliphatic carbocycles. The maximum atomic E-state index is 12.9. The molecule has 6 amide bonds. The minimum Gasteiger partial charge on any atom is -0.480 e. The van der Waals surface area contributed by atoms with Gasteiger partial charge in [-0.25, -0.2) is 9.78 Å². The van der Waals surface area contributed by atoms with Gasteiger partial charge in [0, 0.05) is 31.2 Å². The summed E-state index contributed by atoms with van der Waals surface area (Å²) >= 11 is 4.01. The van der Waals surface area contributed by atoms with Gasteiger partial charge in [0.25, 0.3) is 0 Å². The smallest absolute Gasteiger partial charge is 0.326 e. The Balaban J connectivity index is 2.85. The van der Waals surface area contributed by atoms with Crippen LogP contribution in [-0.2, 0) is 40.0 Å². The van der Waals surface area contributed by atoms with Crippen molar-refractivity contribution in [1.82, 2.24) is 31.2 Å². The number of aromatic nitrogens is 2. The normalized spacial score (nSPS) is 14.5. The summed E-state index contributed by atoms with van der Waals surface area (Å²) in [6.45, 7) is 1.35. The summed E-state index contributed by atoms with van der Waals surface area (Å²) in [5.74, 6) is -6.50. The maximum Gasteiger partial charge on any atom is 0.326 e. The van der Waals surface area contributed by atoms with E-state index < -0.39 is 71.6 Å². The van der Waals surface area contributed by atoms with E-state index in [-0.39, 0.29) is 37.9 Å². The van der Waals surface area contributed by atoms with Gasteiger partial charge in [-0.1, -0.05) is 0 Å². The van der Waals surface area contributed by atoms with Crippen molar-refractivity contribution in [2.45, 2.75) is 69.2 Å². The standard InChI is InChI=1S/C22H35N9O8S/c1-10(28-19(35)12(23)6-11-7-26-9-27-11)18(34)29-13(2-4-16(24)32)20(36)31-15(8-40)21(37)30-14(22(38)39)3-5-17(25)33/h7,9-10,12-15,40H,2-6,8,23H2,1H3,(H2,24,32)(H2,25,33)(H,26,27)(H,28,35)(H,29,34)(H,30,37)(H,31,36)(H,38,39)/t10-,12-,13-,14-,15-/m0/s1. The Morgan fingerprint density at radius 2 is 1.40 bits per heavy atom. The van der Waals surface area contributed by atoms with Gasteiger partial charge in [0.1, 0.15) is 24.2 Å². The number of nitrogens with zero attached hydrogens (tertiary/aromatic N) is 1. The summed E-state index contributed by atoms with van der Waals surface area (Å²) in [5.41, 5.74) is 16.6. The highest BCUT2D eigenvalue weighted by Crippen LogP contribution is 2.04. The van der Waals surface area contributed by atoms with Crippen LogP contribution in [0.1, 0.15) is 38.3 Å². The van der Waals surface area contributed by atoms with Crippen LogP contribution in [0.2, 0.25) is 0 Å². The average Bonchev–Trinajstić information content (AvgIpc) is 3.39.